The smallest absolute Gasteiger partial charge is 0.408 e. The molecule has 0 radical (unpaired) electrons. The number of hydrogen-bond acceptors (Lipinski definition) is 4. The third kappa shape index (κ3) is 5.99. The van der Waals surface area contributed by atoms with Gasteiger partial charge in [-0.25, -0.2) is 4.79 Å². The van der Waals surface area contributed by atoms with E-state index in [1.807, 2.05) is 42.1 Å². The molecule has 0 bridgehead atoms. The van der Waals surface area contributed by atoms with Crippen molar-refractivity contribution < 1.29 is 19.1 Å². The van der Waals surface area contributed by atoms with Gasteiger partial charge >= 0.3 is 6.09 Å². The van der Waals surface area contributed by atoms with Gasteiger partial charge < -0.3 is 24.8 Å². The van der Waals surface area contributed by atoms with Gasteiger partial charge in [-0.3, -0.25) is 9.59 Å². The van der Waals surface area contributed by atoms with E-state index in [4.69, 9.17) is 4.74 Å². The first-order valence-electron chi connectivity index (χ1n) is 10.7. The quantitative estimate of drug-likeness (QED) is 0.708. The lowest BCUT2D eigenvalue weighted by atomic mass is 10.0. The fourth-order valence-corrected chi connectivity index (χ4v) is 3.84. The first-order chi connectivity index (χ1) is 14.6. The SMILES string of the molecule is Cn1cc(C[C@@H](NC(=O)OC(C)(C)C)C(=O)NCCN2CCCC2=O)c2ccccc21. The van der Waals surface area contributed by atoms with Crippen LogP contribution in [0.15, 0.2) is 30.5 Å². The van der Waals surface area contributed by atoms with Crippen molar-refractivity contribution in [3.8, 4) is 0 Å². The highest BCUT2D eigenvalue weighted by molar-refractivity contribution is 5.88. The fraction of sp³-hybridized carbons (Fsp3) is 0.522. The number of ether oxygens (including phenoxy) is 1. The predicted octanol–water partition coefficient (Wildman–Crippen LogP) is 2.35. The van der Waals surface area contributed by atoms with E-state index in [1.165, 1.54) is 0 Å². The van der Waals surface area contributed by atoms with E-state index in [1.54, 1.807) is 25.7 Å². The van der Waals surface area contributed by atoms with Crippen LogP contribution in [0.4, 0.5) is 4.79 Å². The van der Waals surface area contributed by atoms with Gasteiger partial charge in [-0.15, -0.1) is 0 Å². The Morgan fingerprint density at radius 2 is 1.97 bits per heavy atom. The first kappa shape index (κ1) is 22.7. The van der Waals surface area contributed by atoms with E-state index in [0.29, 0.717) is 25.9 Å². The fourth-order valence-electron chi connectivity index (χ4n) is 3.84. The summed E-state index contributed by atoms with van der Waals surface area (Å²) >= 11 is 0. The second-order valence-electron chi connectivity index (χ2n) is 8.96. The molecule has 1 saturated heterocycles. The molecule has 3 amide bonds. The monoisotopic (exact) mass is 428 g/mol. The number of nitrogens with one attached hydrogen (secondary N) is 2. The number of hydrogen-bond donors (Lipinski definition) is 2. The Kier molecular flexibility index (Phi) is 6.87. The van der Waals surface area contributed by atoms with E-state index in [0.717, 1.165) is 29.4 Å². The number of carbonyl (C=O) groups is 3. The molecule has 0 unspecified atom stereocenters. The lowest BCUT2D eigenvalue weighted by molar-refractivity contribution is -0.128. The van der Waals surface area contributed by atoms with Crippen LogP contribution in [0, 0.1) is 0 Å². The maximum Gasteiger partial charge on any atom is 0.408 e. The Hall–Kier alpha value is -3.03. The molecule has 2 heterocycles. The molecule has 8 nitrogen and oxygen atoms in total. The van der Waals surface area contributed by atoms with Gasteiger partial charge in [0, 0.05) is 56.6 Å². The summed E-state index contributed by atoms with van der Waals surface area (Å²) in [7, 11) is 1.95. The number of likely N-dealkylation sites (tertiary alicyclic amines) is 1. The number of benzene rings is 1. The summed E-state index contributed by atoms with van der Waals surface area (Å²) in [5.41, 5.74) is 1.35. The predicted molar refractivity (Wildman–Crippen MR) is 119 cm³/mol. The summed E-state index contributed by atoms with van der Waals surface area (Å²) in [6, 6.07) is 7.15. The Morgan fingerprint density at radius 1 is 1.23 bits per heavy atom. The molecule has 1 atom stereocenters. The van der Waals surface area contributed by atoms with Crippen LogP contribution in [0.5, 0.6) is 0 Å². The second-order valence-corrected chi connectivity index (χ2v) is 8.96. The minimum absolute atomic E-state index is 0.119. The van der Waals surface area contributed by atoms with E-state index in [2.05, 4.69) is 10.6 Å². The van der Waals surface area contributed by atoms with Crippen LogP contribution in [0.3, 0.4) is 0 Å². The van der Waals surface area contributed by atoms with E-state index >= 15 is 0 Å². The first-order valence-corrected chi connectivity index (χ1v) is 10.7. The zero-order chi connectivity index (χ0) is 22.6. The van der Waals surface area contributed by atoms with E-state index in [-0.39, 0.29) is 11.8 Å². The van der Waals surface area contributed by atoms with Gasteiger partial charge in [-0.1, -0.05) is 18.2 Å². The summed E-state index contributed by atoms with van der Waals surface area (Å²) in [6.07, 6.45) is 3.09. The van der Waals surface area contributed by atoms with Crippen LogP contribution in [0.2, 0.25) is 0 Å². The molecule has 2 N–H and O–H groups in total. The topological polar surface area (TPSA) is 92.7 Å². The molecule has 1 aromatic heterocycles. The molecule has 168 valence electrons. The van der Waals surface area contributed by atoms with Crippen molar-refractivity contribution in [2.45, 2.75) is 51.7 Å². The number of fused-ring (bicyclic) bond motifs is 1. The largest absolute Gasteiger partial charge is 0.444 e. The number of para-hydroxylation sites is 1. The summed E-state index contributed by atoms with van der Waals surface area (Å²) in [6.45, 7) is 6.87. The van der Waals surface area contributed by atoms with Crippen LogP contribution in [0.1, 0.15) is 39.2 Å². The molecule has 1 aliphatic rings. The summed E-state index contributed by atoms with van der Waals surface area (Å²) < 4.78 is 7.37. The van der Waals surface area contributed by atoms with E-state index < -0.39 is 17.7 Å². The number of amides is 3. The Balaban J connectivity index is 1.71. The highest BCUT2D eigenvalue weighted by atomic mass is 16.6. The molecule has 1 fully saturated rings. The number of rotatable bonds is 7. The number of alkyl carbamates (subject to hydrolysis) is 1. The van der Waals surface area contributed by atoms with Gasteiger partial charge in [-0.2, -0.15) is 0 Å². The Bertz CT molecular complexity index is 960. The van der Waals surface area contributed by atoms with Gasteiger partial charge in [0.15, 0.2) is 0 Å². The lowest BCUT2D eigenvalue weighted by Gasteiger charge is -2.24. The normalized spacial score (nSPS) is 15.2. The molecule has 1 aliphatic heterocycles. The van der Waals surface area contributed by atoms with Crippen molar-refractivity contribution >= 4 is 28.8 Å². The van der Waals surface area contributed by atoms with Gasteiger partial charge in [0.1, 0.15) is 11.6 Å². The maximum absolute atomic E-state index is 13.0. The third-order valence-corrected chi connectivity index (χ3v) is 5.26. The number of nitrogens with zero attached hydrogens (tertiary/aromatic N) is 2. The van der Waals surface area contributed by atoms with Crippen LogP contribution in [-0.4, -0.2) is 58.7 Å². The van der Waals surface area contributed by atoms with Crippen LogP contribution in [-0.2, 0) is 27.8 Å². The molecule has 2 aromatic rings. The summed E-state index contributed by atoms with van der Waals surface area (Å²) in [5.74, 6) is -0.182. The van der Waals surface area contributed by atoms with Crippen molar-refractivity contribution in [3.05, 3.63) is 36.0 Å². The standard InChI is InChI=1S/C23H32N4O4/c1-23(2,3)31-22(30)25-18(21(29)24-11-13-27-12-7-10-20(27)28)14-16-15-26(4)19-9-6-5-8-17(16)19/h5-6,8-9,15,18H,7,10-14H2,1-4H3,(H,24,29)(H,25,30)/t18-/m1/s1. The minimum Gasteiger partial charge on any atom is -0.444 e. The van der Waals surface area contributed by atoms with Crippen LogP contribution in [0.25, 0.3) is 10.9 Å². The van der Waals surface area contributed by atoms with Crippen molar-refractivity contribution in [1.29, 1.82) is 0 Å². The number of aryl methyl sites for hydroxylation is 1. The maximum atomic E-state index is 13.0. The zero-order valence-electron chi connectivity index (χ0n) is 18.7. The minimum atomic E-state index is -0.796. The second kappa shape index (κ2) is 9.41. The van der Waals surface area contributed by atoms with Gasteiger partial charge in [-0.05, 0) is 38.8 Å². The average molecular weight is 429 g/mol. The highest BCUT2D eigenvalue weighted by Crippen LogP contribution is 2.22. The molecule has 8 heteroatoms. The summed E-state index contributed by atoms with van der Waals surface area (Å²) in [5, 5.41) is 6.62. The van der Waals surface area contributed by atoms with Gasteiger partial charge in [0.2, 0.25) is 11.8 Å². The van der Waals surface area contributed by atoms with Crippen molar-refractivity contribution in [3.63, 3.8) is 0 Å². The van der Waals surface area contributed by atoms with Crippen molar-refractivity contribution in [2.75, 3.05) is 19.6 Å². The summed E-state index contributed by atoms with van der Waals surface area (Å²) in [4.78, 5) is 38.9. The average Bonchev–Trinajstić information content (AvgIpc) is 3.23. The molecule has 1 aromatic carbocycles. The number of carbonyl (C=O) groups excluding carboxylic acids is 3. The Morgan fingerprint density at radius 3 is 2.65 bits per heavy atom. The van der Waals surface area contributed by atoms with Crippen molar-refractivity contribution in [1.82, 2.24) is 20.1 Å². The van der Waals surface area contributed by atoms with E-state index in [9.17, 15) is 14.4 Å². The number of aromatic nitrogens is 1. The highest BCUT2D eigenvalue weighted by Gasteiger charge is 2.26. The van der Waals surface area contributed by atoms with Crippen LogP contribution < -0.4 is 10.6 Å². The molecule has 0 saturated carbocycles. The molecule has 31 heavy (non-hydrogen) atoms. The Labute approximate surface area is 182 Å². The molecular weight excluding hydrogens is 396 g/mol. The molecular formula is C23H32N4O4. The lowest BCUT2D eigenvalue weighted by Crippen LogP contribution is -2.50. The van der Waals surface area contributed by atoms with Gasteiger partial charge in [0.25, 0.3) is 0 Å². The molecule has 0 spiro atoms. The van der Waals surface area contributed by atoms with Crippen molar-refractivity contribution in [2.24, 2.45) is 7.05 Å². The zero-order valence-corrected chi connectivity index (χ0v) is 18.7. The van der Waals surface area contributed by atoms with Crippen LogP contribution >= 0.6 is 0 Å². The third-order valence-electron chi connectivity index (χ3n) is 5.26. The molecule has 3 rings (SSSR count). The van der Waals surface area contributed by atoms with Gasteiger partial charge in [0.05, 0.1) is 0 Å². The molecule has 0 aliphatic carbocycles.